The van der Waals surface area contributed by atoms with E-state index in [4.69, 9.17) is 15.2 Å². The molecule has 0 aromatic heterocycles. The third kappa shape index (κ3) is 1.97. The highest BCUT2D eigenvalue weighted by molar-refractivity contribution is 4.84. The van der Waals surface area contributed by atoms with Crippen LogP contribution in [-0.2, 0) is 9.47 Å². The van der Waals surface area contributed by atoms with E-state index in [1.807, 2.05) is 0 Å². The van der Waals surface area contributed by atoms with Gasteiger partial charge in [0.2, 0.25) is 0 Å². The topological polar surface area (TPSA) is 44.5 Å². The van der Waals surface area contributed by atoms with Crippen LogP contribution in [0.25, 0.3) is 0 Å². The van der Waals surface area contributed by atoms with Crippen LogP contribution in [0.5, 0.6) is 0 Å². The molecule has 12 heavy (non-hydrogen) atoms. The van der Waals surface area contributed by atoms with E-state index in [1.165, 1.54) is 0 Å². The molecule has 2 rings (SSSR count). The molecule has 1 saturated carbocycles. The Labute approximate surface area is 73.2 Å². The first-order chi connectivity index (χ1) is 5.84. The van der Waals surface area contributed by atoms with Crippen molar-refractivity contribution in [3.05, 3.63) is 0 Å². The van der Waals surface area contributed by atoms with Crippen LogP contribution in [0.4, 0.5) is 0 Å². The summed E-state index contributed by atoms with van der Waals surface area (Å²) < 4.78 is 11.1. The molecule has 3 nitrogen and oxygen atoms in total. The van der Waals surface area contributed by atoms with Crippen molar-refractivity contribution in [2.75, 3.05) is 13.2 Å². The van der Waals surface area contributed by atoms with E-state index in [9.17, 15) is 0 Å². The summed E-state index contributed by atoms with van der Waals surface area (Å²) in [6.45, 7) is 1.73. The molecule has 70 valence electrons. The molecular formula is C9H17NO2. The molecule has 2 N–H and O–H groups in total. The Morgan fingerprint density at radius 1 is 1.08 bits per heavy atom. The normalized spacial score (nSPS) is 37.8. The van der Waals surface area contributed by atoms with Gasteiger partial charge in [0.15, 0.2) is 0 Å². The molecule has 2 aliphatic rings. The van der Waals surface area contributed by atoms with Crippen molar-refractivity contribution >= 4 is 0 Å². The molecule has 0 bridgehead atoms. The van der Waals surface area contributed by atoms with Gasteiger partial charge in [0.25, 0.3) is 0 Å². The molecule has 0 spiro atoms. The van der Waals surface area contributed by atoms with Gasteiger partial charge in [-0.2, -0.15) is 0 Å². The first-order valence-corrected chi connectivity index (χ1v) is 4.83. The number of hydrogen-bond donors (Lipinski definition) is 1. The van der Waals surface area contributed by atoms with Crippen LogP contribution in [0.1, 0.15) is 25.7 Å². The highest BCUT2D eigenvalue weighted by Crippen LogP contribution is 2.25. The maximum absolute atomic E-state index is 5.84. The molecule has 1 saturated heterocycles. The van der Waals surface area contributed by atoms with E-state index in [0.717, 1.165) is 38.9 Å². The summed E-state index contributed by atoms with van der Waals surface area (Å²) in [6.07, 6.45) is 5.12. The van der Waals surface area contributed by atoms with E-state index in [-0.39, 0.29) is 0 Å². The van der Waals surface area contributed by atoms with E-state index < -0.39 is 0 Å². The fourth-order valence-electron chi connectivity index (χ4n) is 1.80. The van der Waals surface area contributed by atoms with Crippen LogP contribution >= 0.6 is 0 Å². The second kappa shape index (κ2) is 3.73. The van der Waals surface area contributed by atoms with Gasteiger partial charge in [-0.15, -0.1) is 0 Å². The molecule has 0 aromatic carbocycles. The van der Waals surface area contributed by atoms with Crippen LogP contribution in [0.3, 0.4) is 0 Å². The number of hydrogen-bond acceptors (Lipinski definition) is 3. The second-order valence-corrected chi connectivity index (χ2v) is 3.80. The van der Waals surface area contributed by atoms with Crippen molar-refractivity contribution < 1.29 is 9.47 Å². The van der Waals surface area contributed by atoms with Crippen molar-refractivity contribution in [2.45, 2.75) is 43.9 Å². The Morgan fingerprint density at radius 2 is 1.75 bits per heavy atom. The van der Waals surface area contributed by atoms with Crippen LogP contribution in [0, 0.1) is 0 Å². The fraction of sp³-hybridized carbons (Fsp3) is 1.00. The standard InChI is InChI=1S/C9H17NO2/c10-7-5-9(6-7)12-8-1-3-11-4-2-8/h7-9H,1-6,10H2. The minimum absolute atomic E-state index is 0.398. The van der Waals surface area contributed by atoms with E-state index in [2.05, 4.69) is 0 Å². The lowest BCUT2D eigenvalue weighted by atomic mass is 9.90. The summed E-state index contributed by atoms with van der Waals surface area (Å²) in [4.78, 5) is 0. The summed E-state index contributed by atoms with van der Waals surface area (Å²) in [5.41, 5.74) is 5.67. The minimum atomic E-state index is 0.398. The maximum atomic E-state index is 5.84. The van der Waals surface area contributed by atoms with Crippen molar-refractivity contribution in [1.29, 1.82) is 0 Å². The SMILES string of the molecule is NC1CC(OC2CCOCC2)C1. The Bertz CT molecular complexity index is 139. The number of ether oxygens (including phenoxy) is 2. The van der Waals surface area contributed by atoms with Crippen molar-refractivity contribution in [1.82, 2.24) is 0 Å². The Kier molecular flexibility index (Phi) is 2.63. The van der Waals surface area contributed by atoms with Crippen LogP contribution in [-0.4, -0.2) is 31.5 Å². The molecule has 2 fully saturated rings. The minimum Gasteiger partial charge on any atom is -0.381 e. The third-order valence-electron chi connectivity index (χ3n) is 2.68. The quantitative estimate of drug-likeness (QED) is 0.664. The van der Waals surface area contributed by atoms with Crippen LogP contribution < -0.4 is 5.73 Å². The number of nitrogens with two attached hydrogens (primary N) is 1. The van der Waals surface area contributed by atoms with Gasteiger partial charge in [-0.1, -0.05) is 0 Å². The average Bonchev–Trinajstić information content (AvgIpc) is 2.04. The predicted molar refractivity (Wildman–Crippen MR) is 45.9 cm³/mol. The van der Waals surface area contributed by atoms with Crippen LogP contribution in [0.15, 0.2) is 0 Å². The van der Waals surface area contributed by atoms with Crippen molar-refractivity contribution in [3.8, 4) is 0 Å². The smallest absolute Gasteiger partial charge is 0.0622 e. The lowest BCUT2D eigenvalue weighted by Crippen LogP contribution is -2.44. The molecule has 0 amide bonds. The first kappa shape index (κ1) is 8.48. The highest BCUT2D eigenvalue weighted by atomic mass is 16.5. The van der Waals surface area contributed by atoms with Crippen LogP contribution in [0.2, 0.25) is 0 Å². The van der Waals surface area contributed by atoms with Gasteiger partial charge >= 0.3 is 0 Å². The van der Waals surface area contributed by atoms with E-state index in [1.54, 1.807) is 0 Å². The predicted octanol–water partition coefficient (Wildman–Crippen LogP) is 0.672. The first-order valence-electron chi connectivity index (χ1n) is 4.83. The van der Waals surface area contributed by atoms with Crippen molar-refractivity contribution in [2.24, 2.45) is 5.73 Å². The summed E-state index contributed by atoms with van der Waals surface area (Å²) >= 11 is 0. The van der Waals surface area contributed by atoms with Gasteiger partial charge in [0.05, 0.1) is 12.2 Å². The Balaban J connectivity index is 1.65. The summed E-state index contributed by atoms with van der Waals surface area (Å²) in [6, 6.07) is 0.398. The second-order valence-electron chi connectivity index (χ2n) is 3.80. The zero-order chi connectivity index (χ0) is 8.39. The monoisotopic (exact) mass is 171 g/mol. The molecule has 0 aromatic rings. The zero-order valence-corrected chi connectivity index (χ0v) is 7.37. The van der Waals surface area contributed by atoms with Gasteiger partial charge in [-0.25, -0.2) is 0 Å². The molecule has 0 unspecified atom stereocenters. The Hall–Kier alpha value is -0.120. The lowest BCUT2D eigenvalue weighted by Gasteiger charge is -2.36. The maximum Gasteiger partial charge on any atom is 0.0622 e. The summed E-state index contributed by atoms with van der Waals surface area (Å²) in [5.74, 6) is 0. The molecule has 3 heteroatoms. The molecule has 1 aliphatic heterocycles. The third-order valence-corrected chi connectivity index (χ3v) is 2.68. The molecule has 1 heterocycles. The largest absolute Gasteiger partial charge is 0.381 e. The van der Waals surface area contributed by atoms with Gasteiger partial charge in [0, 0.05) is 19.3 Å². The molecular weight excluding hydrogens is 154 g/mol. The molecule has 0 radical (unpaired) electrons. The summed E-state index contributed by atoms with van der Waals surface area (Å²) in [5, 5.41) is 0. The molecule has 0 atom stereocenters. The zero-order valence-electron chi connectivity index (χ0n) is 7.37. The highest BCUT2D eigenvalue weighted by Gasteiger charge is 2.29. The van der Waals surface area contributed by atoms with E-state index >= 15 is 0 Å². The summed E-state index contributed by atoms with van der Waals surface area (Å²) in [7, 11) is 0. The Morgan fingerprint density at radius 3 is 2.33 bits per heavy atom. The average molecular weight is 171 g/mol. The van der Waals surface area contributed by atoms with Crippen molar-refractivity contribution in [3.63, 3.8) is 0 Å². The van der Waals surface area contributed by atoms with Gasteiger partial charge in [0.1, 0.15) is 0 Å². The fourth-order valence-corrected chi connectivity index (χ4v) is 1.80. The van der Waals surface area contributed by atoms with Gasteiger partial charge in [-0.05, 0) is 25.7 Å². The van der Waals surface area contributed by atoms with E-state index in [0.29, 0.717) is 18.2 Å². The molecule has 1 aliphatic carbocycles. The van der Waals surface area contributed by atoms with Gasteiger partial charge < -0.3 is 15.2 Å². The number of rotatable bonds is 2. The lowest BCUT2D eigenvalue weighted by molar-refractivity contribution is -0.0971. The van der Waals surface area contributed by atoms with Gasteiger partial charge in [-0.3, -0.25) is 0 Å².